The highest BCUT2D eigenvalue weighted by Gasteiger charge is 2.38. The Kier molecular flexibility index (Phi) is 6.62. The second kappa shape index (κ2) is 7.56. The maximum Gasteiger partial charge on any atom is 0.193 e. The van der Waals surface area contributed by atoms with Gasteiger partial charge < -0.3 is 9.16 Å². The number of ether oxygens (including phenoxy) is 1. The van der Waals surface area contributed by atoms with Gasteiger partial charge in [-0.3, -0.25) is 0 Å². The van der Waals surface area contributed by atoms with Crippen LogP contribution in [0.5, 0.6) is 5.75 Å². The molecule has 0 fully saturated rings. The summed E-state index contributed by atoms with van der Waals surface area (Å²) in [6, 6.07) is 6.02. The van der Waals surface area contributed by atoms with E-state index >= 15 is 0 Å². The van der Waals surface area contributed by atoms with Crippen LogP contribution in [0.3, 0.4) is 0 Å². The molecule has 0 saturated carbocycles. The molecule has 0 radical (unpaired) electrons. The van der Waals surface area contributed by atoms with Crippen molar-refractivity contribution in [2.45, 2.75) is 45.0 Å². The van der Waals surface area contributed by atoms with E-state index in [4.69, 9.17) is 9.16 Å². The summed E-state index contributed by atoms with van der Waals surface area (Å²) >= 11 is 3.29. The average molecular weight is 375 g/mol. The molecule has 0 aliphatic rings. The predicted octanol–water partition coefficient (Wildman–Crippen LogP) is 5.50. The van der Waals surface area contributed by atoms with E-state index in [1.54, 1.807) is 17.1 Å². The summed E-state index contributed by atoms with van der Waals surface area (Å²) in [4.78, 5) is 1.79. The Labute approximate surface area is 136 Å². The minimum Gasteiger partial charge on any atom is -0.491 e. The second-order valence-corrected chi connectivity index (χ2v) is 11.8. The molecule has 1 aromatic carbocycles. The van der Waals surface area contributed by atoms with Crippen molar-refractivity contribution >= 4 is 24.2 Å². The van der Waals surface area contributed by atoms with Gasteiger partial charge in [-0.05, 0) is 53.5 Å². The van der Waals surface area contributed by atoms with Crippen LogP contribution < -0.4 is 4.74 Å². The van der Waals surface area contributed by atoms with Gasteiger partial charge in [0.2, 0.25) is 0 Å². The van der Waals surface area contributed by atoms with Gasteiger partial charge in [0, 0.05) is 0 Å². The average Bonchev–Trinajstić information content (AvgIpc) is 2.36. The third-order valence-electron chi connectivity index (χ3n) is 3.77. The SMILES string of the molecule is CC(C)(C)[Si](C)(C)O[C@@H](C=CBr)COc1ccc(F)cc1. The molecule has 0 aliphatic carbocycles. The smallest absolute Gasteiger partial charge is 0.193 e. The van der Waals surface area contributed by atoms with E-state index in [1.807, 2.05) is 6.08 Å². The zero-order chi connectivity index (χ0) is 16.1. The van der Waals surface area contributed by atoms with Crippen LogP contribution >= 0.6 is 15.9 Å². The zero-order valence-corrected chi connectivity index (χ0v) is 15.9. The largest absolute Gasteiger partial charge is 0.491 e. The minimum absolute atomic E-state index is 0.129. The summed E-state index contributed by atoms with van der Waals surface area (Å²) in [6.45, 7) is 11.4. The third-order valence-corrected chi connectivity index (χ3v) is 8.58. The number of hydrogen-bond acceptors (Lipinski definition) is 2. The van der Waals surface area contributed by atoms with Gasteiger partial charge in [0.05, 0.1) is 6.10 Å². The molecule has 0 N–H and O–H groups in total. The fourth-order valence-corrected chi connectivity index (χ4v) is 3.07. The minimum atomic E-state index is -1.86. The van der Waals surface area contributed by atoms with Gasteiger partial charge in [0.25, 0.3) is 0 Å². The van der Waals surface area contributed by atoms with Gasteiger partial charge in [-0.15, -0.1) is 0 Å². The highest BCUT2D eigenvalue weighted by atomic mass is 79.9. The Morgan fingerprint density at radius 2 is 1.81 bits per heavy atom. The first-order valence-corrected chi connectivity index (χ1v) is 10.8. The van der Waals surface area contributed by atoms with Crippen molar-refractivity contribution in [1.29, 1.82) is 0 Å². The first kappa shape index (κ1) is 18.4. The molecule has 0 aliphatic heterocycles. The number of rotatable bonds is 6. The Bertz CT molecular complexity index is 466. The molecular weight excluding hydrogens is 351 g/mol. The van der Waals surface area contributed by atoms with Crippen molar-refractivity contribution in [2.75, 3.05) is 6.61 Å². The quantitative estimate of drug-likeness (QED) is 0.611. The molecule has 1 rings (SSSR count). The Balaban J connectivity index is 2.68. The molecule has 1 atom stereocenters. The van der Waals surface area contributed by atoms with E-state index in [9.17, 15) is 4.39 Å². The van der Waals surface area contributed by atoms with Crippen LogP contribution in [0.4, 0.5) is 4.39 Å². The summed E-state index contributed by atoms with van der Waals surface area (Å²) in [5, 5.41) is 0.140. The van der Waals surface area contributed by atoms with Crippen LogP contribution in [0.15, 0.2) is 35.3 Å². The lowest BCUT2D eigenvalue weighted by Gasteiger charge is -2.38. The number of hydrogen-bond donors (Lipinski definition) is 0. The van der Waals surface area contributed by atoms with Crippen molar-refractivity contribution in [3.05, 3.63) is 41.1 Å². The van der Waals surface area contributed by atoms with E-state index in [0.29, 0.717) is 12.4 Å². The van der Waals surface area contributed by atoms with Crippen LogP contribution in [0, 0.1) is 5.82 Å². The van der Waals surface area contributed by atoms with Crippen LogP contribution in [0.2, 0.25) is 18.1 Å². The molecule has 0 saturated heterocycles. The summed E-state index contributed by atoms with van der Waals surface area (Å²) in [5.74, 6) is 0.375. The monoisotopic (exact) mass is 374 g/mol. The van der Waals surface area contributed by atoms with Crippen LogP contribution in [-0.4, -0.2) is 21.0 Å². The highest BCUT2D eigenvalue weighted by Crippen LogP contribution is 2.37. The number of halogens is 2. The molecule has 0 heterocycles. The molecule has 118 valence electrons. The lowest BCUT2D eigenvalue weighted by atomic mass is 10.2. The van der Waals surface area contributed by atoms with E-state index in [0.717, 1.165) is 0 Å². The normalized spacial score (nSPS) is 14.4. The standard InChI is InChI=1S/C16H24BrFO2Si/c1-16(2,3)21(4,5)20-15(10-11-17)12-19-14-8-6-13(18)7-9-14/h6-11,15H,12H2,1-5H3/t15-/m0/s1. The summed E-state index contributed by atoms with van der Waals surface area (Å²) in [5.41, 5.74) is 0. The van der Waals surface area contributed by atoms with Crippen molar-refractivity contribution < 1.29 is 13.6 Å². The molecule has 0 bridgehead atoms. The van der Waals surface area contributed by atoms with Gasteiger partial charge in [-0.1, -0.05) is 36.7 Å². The van der Waals surface area contributed by atoms with Crippen LogP contribution in [-0.2, 0) is 4.43 Å². The summed E-state index contributed by atoms with van der Waals surface area (Å²) < 4.78 is 24.9. The van der Waals surface area contributed by atoms with Gasteiger partial charge in [-0.2, -0.15) is 0 Å². The predicted molar refractivity (Wildman–Crippen MR) is 92.0 cm³/mol. The Morgan fingerprint density at radius 3 is 2.29 bits per heavy atom. The van der Waals surface area contributed by atoms with Crippen LogP contribution in [0.1, 0.15) is 20.8 Å². The third kappa shape index (κ3) is 5.92. The van der Waals surface area contributed by atoms with Gasteiger partial charge in [0.1, 0.15) is 18.2 Å². The molecule has 0 spiro atoms. The van der Waals surface area contributed by atoms with E-state index in [-0.39, 0.29) is 17.0 Å². The fraction of sp³-hybridized carbons (Fsp3) is 0.500. The van der Waals surface area contributed by atoms with Crippen molar-refractivity contribution in [1.82, 2.24) is 0 Å². The van der Waals surface area contributed by atoms with E-state index in [2.05, 4.69) is 49.8 Å². The maximum atomic E-state index is 12.9. The molecule has 1 aromatic rings. The van der Waals surface area contributed by atoms with Crippen LogP contribution in [0.25, 0.3) is 0 Å². The fourth-order valence-electron chi connectivity index (χ4n) is 1.47. The maximum absolute atomic E-state index is 12.9. The van der Waals surface area contributed by atoms with Gasteiger partial charge in [-0.25, -0.2) is 4.39 Å². The van der Waals surface area contributed by atoms with Crippen molar-refractivity contribution in [2.24, 2.45) is 0 Å². The Morgan fingerprint density at radius 1 is 1.24 bits per heavy atom. The van der Waals surface area contributed by atoms with Crippen molar-refractivity contribution in [3.63, 3.8) is 0 Å². The first-order valence-electron chi connectivity index (χ1n) is 6.99. The molecule has 0 aromatic heterocycles. The highest BCUT2D eigenvalue weighted by molar-refractivity contribution is 9.11. The van der Waals surface area contributed by atoms with Gasteiger partial charge in [0.15, 0.2) is 8.32 Å². The molecule has 0 amide bonds. The van der Waals surface area contributed by atoms with E-state index < -0.39 is 8.32 Å². The summed E-state index contributed by atoms with van der Waals surface area (Å²) in [6.07, 6.45) is 1.81. The molecule has 0 unspecified atom stereocenters. The molecular formula is C16H24BrFO2Si. The summed E-state index contributed by atoms with van der Waals surface area (Å²) in [7, 11) is -1.86. The molecule has 21 heavy (non-hydrogen) atoms. The first-order chi connectivity index (χ1) is 9.65. The molecule has 5 heteroatoms. The topological polar surface area (TPSA) is 18.5 Å². The zero-order valence-electron chi connectivity index (χ0n) is 13.3. The molecule has 2 nitrogen and oxygen atoms in total. The van der Waals surface area contributed by atoms with Crippen molar-refractivity contribution in [3.8, 4) is 5.75 Å². The lowest BCUT2D eigenvalue weighted by Crippen LogP contribution is -2.44. The second-order valence-electron chi connectivity index (χ2n) is 6.50. The number of benzene rings is 1. The van der Waals surface area contributed by atoms with E-state index in [1.165, 1.54) is 12.1 Å². The lowest BCUT2D eigenvalue weighted by molar-refractivity contribution is 0.150. The Hall–Kier alpha value is -0.653. The van der Waals surface area contributed by atoms with Gasteiger partial charge >= 0.3 is 0 Å².